The first-order chi connectivity index (χ1) is 18.5. The van der Waals surface area contributed by atoms with Crippen LogP contribution in [0.2, 0.25) is 0 Å². The standard InChI is InChI=1S/C27H30F5N3O5/c1-15-17(10-7-11-19(15)36)22(38)34-18(12-16-8-5-4-6-9-16)21(37)23(39)35-13-20(28)25(2,3)27(35,32)24(40)33-14-26(29,30)31/h4-11,18,20-21,36-37H,12-14H2,1-3H3,(H,33,40)(H,34,38)/t18-,20?,21-,27?/m0/s1. The second-order valence-electron chi connectivity index (χ2n) is 10.2. The summed E-state index contributed by atoms with van der Waals surface area (Å²) in [7, 11) is 0. The van der Waals surface area contributed by atoms with Crippen LogP contribution in [0.5, 0.6) is 5.75 Å². The van der Waals surface area contributed by atoms with Crippen LogP contribution in [0.4, 0.5) is 22.0 Å². The quantitative estimate of drug-likeness (QED) is 0.287. The lowest BCUT2D eigenvalue weighted by Crippen LogP contribution is -2.64. The molecule has 1 aliphatic heterocycles. The SMILES string of the molecule is Cc1c(O)cccc1C(=O)N[C@@H](Cc1ccccc1)[C@H](O)C(=O)N1CC(F)C(C)(C)C1(F)C(=O)NCC(F)(F)F. The molecule has 1 fully saturated rings. The molecule has 1 saturated heterocycles. The van der Waals surface area contributed by atoms with Gasteiger partial charge >= 0.3 is 6.18 Å². The highest BCUT2D eigenvalue weighted by molar-refractivity contribution is 5.97. The number of hydrogen-bond donors (Lipinski definition) is 4. The third kappa shape index (κ3) is 6.03. The Morgan fingerprint density at radius 2 is 1.73 bits per heavy atom. The Balaban J connectivity index is 1.96. The number of halogens is 5. The Hall–Kier alpha value is -3.74. The van der Waals surface area contributed by atoms with Crippen molar-refractivity contribution in [3.05, 3.63) is 65.2 Å². The molecule has 1 heterocycles. The Morgan fingerprint density at radius 1 is 1.10 bits per heavy atom. The van der Waals surface area contributed by atoms with Crippen LogP contribution in [0.15, 0.2) is 48.5 Å². The van der Waals surface area contributed by atoms with Crippen LogP contribution in [0.1, 0.15) is 35.3 Å². The van der Waals surface area contributed by atoms with Gasteiger partial charge in [0.05, 0.1) is 18.0 Å². The molecular formula is C27H30F5N3O5. The number of aromatic hydroxyl groups is 1. The number of carbonyl (C=O) groups is 3. The number of nitrogens with zero attached hydrogens (tertiary/aromatic N) is 1. The molecule has 0 spiro atoms. The van der Waals surface area contributed by atoms with Crippen molar-refractivity contribution < 1.29 is 46.5 Å². The smallest absolute Gasteiger partial charge is 0.405 e. The average Bonchev–Trinajstić information content (AvgIpc) is 3.08. The molecule has 1 aliphatic rings. The summed E-state index contributed by atoms with van der Waals surface area (Å²) in [6.07, 6.45) is -9.50. The molecule has 4 atom stereocenters. The second-order valence-corrected chi connectivity index (χ2v) is 10.2. The topological polar surface area (TPSA) is 119 Å². The van der Waals surface area contributed by atoms with Crippen LogP contribution < -0.4 is 10.6 Å². The summed E-state index contributed by atoms with van der Waals surface area (Å²) >= 11 is 0. The van der Waals surface area contributed by atoms with Crippen LogP contribution in [0, 0.1) is 12.3 Å². The summed E-state index contributed by atoms with van der Waals surface area (Å²) in [5, 5.41) is 24.9. The molecule has 2 aromatic carbocycles. The Kier molecular flexibility index (Phi) is 8.77. The molecule has 0 aliphatic carbocycles. The zero-order chi connectivity index (χ0) is 30.0. The number of aliphatic hydroxyl groups is 1. The van der Waals surface area contributed by atoms with E-state index < -0.39 is 66.5 Å². The number of carbonyl (C=O) groups excluding carboxylic acids is 3. The maximum atomic E-state index is 16.4. The number of likely N-dealkylation sites (tertiary alicyclic amines) is 1. The Bertz CT molecular complexity index is 1260. The summed E-state index contributed by atoms with van der Waals surface area (Å²) in [6, 6.07) is 10.9. The number of rotatable bonds is 8. The lowest BCUT2D eigenvalue weighted by atomic mass is 9.80. The van der Waals surface area contributed by atoms with Crippen LogP contribution in [0.3, 0.4) is 0 Å². The summed E-state index contributed by atoms with van der Waals surface area (Å²) in [6.45, 7) is 0.390. The lowest BCUT2D eigenvalue weighted by Gasteiger charge is -2.39. The average molecular weight is 572 g/mol. The summed E-state index contributed by atoms with van der Waals surface area (Å²) < 4.78 is 69.5. The van der Waals surface area contributed by atoms with Gasteiger partial charge in [-0.25, -0.2) is 8.78 Å². The van der Waals surface area contributed by atoms with Crippen molar-refractivity contribution in [3.8, 4) is 5.75 Å². The molecule has 13 heteroatoms. The van der Waals surface area contributed by atoms with Crippen molar-refractivity contribution in [2.75, 3.05) is 13.1 Å². The molecule has 0 saturated carbocycles. The fraction of sp³-hybridized carbons (Fsp3) is 0.444. The molecule has 0 bridgehead atoms. The summed E-state index contributed by atoms with van der Waals surface area (Å²) in [5.41, 5.74) is -1.54. The molecule has 4 N–H and O–H groups in total. The van der Waals surface area contributed by atoms with E-state index in [1.165, 1.54) is 30.4 Å². The van der Waals surface area contributed by atoms with Gasteiger partial charge in [-0.05, 0) is 31.0 Å². The number of benzene rings is 2. The van der Waals surface area contributed by atoms with Crippen molar-refractivity contribution in [2.45, 2.75) is 57.5 Å². The van der Waals surface area contributed by atoms with Gasteiger partial charge in [0, 0.05) is 11.1 Å². The van der Waals surface area contributed by atoms with Gasteiger partial charge in [0.25, 0.3) is 23.5 Å². The predicted molar refractivity (Wildman–Crippen MR) is 134 cm³/mol. The first kappa shape index (κ1) is 30.8. The Labute approximate surface area is 227 Å². The minimum Gasteiger partial charge on any atom is -0.508 e. The zero-order valence-corrected chi connectivity index (χ0v) is 21.9. The second kappa shape index (κ2) is 11.4. The van der Waals surface area contributed by atoms with Gasteiger partial charge in [0.1, 0.15) is 18.5 Å². The molecule has 40 heavy (non-hydrogen) atoms. The van der Waals surface area contributed by atoms with E-state index in [0.717, 1.165) is 13.8 Å². The van der Waals surface area contributed by atoms with Gasteiger partial charge in [0.2, 0.25) is 0 Å². The number of alkyl halides is 5. The maximum absolute atomic E-state index is 16.4. The molecule has 0 aromatic heterocycles. The van der Waals surface area contributed by atoms with Crippen LogP contribution in [-0.2, 0) is 16.0 Å². The van der Waals surface area contributed by atoms with Gasteiger partial charge in [-0.15, -0.1) is 0 Å². The van der Waals surface area contributed by atoms with Gasteiger partial charge in [0.15, 0.2) is 6.10 Å². The summed E-state index contributed by atoms with van der Waals surface area (Å²) in [4.78, 5) is 39.3. The number of phenols is 1. The van der Waals surface area contributed by atoms with Crippen molar-refractivity contribution in [1.29, 1.82) is 0 Å². The van der Waals surface area contributed by atoms with Crippen LogP contribution in [0.25, 0.3) is 0 Å². The van der Waals surface area contributed by atoms with Crippen LogP contribution in [-0.4, -0.2) is 76.2 Å². The van der Waals surface area contributed by atoms with E-state index in [-0.39, 0.29) is 28.2 Å². The predicted octanol–water partition coefficient (Wildman–Crippen LogP) is 2.95. The highest BCUT2D eigenvalue weighted by Gasteiger charge is 2.68. The highest BCUT2D eigenvalue weighted by atomic mass is 19.4. The van der Waals surface area contributed by atoms with E-state index in [2.05, 4.69) is 5.32 Å². The fourth-order valence-electron chi connectivity index (χ4n) is 4.58. The largest absolute Gasteiger partial charge is 0.508 e. The molecule has 2 unspecified atom stereocenters. The van der Waals surface area contributed by atoms with E-state index in [0.29, 0.717) is 5.56 Å². The summed E-state index contributed by atoms with van der Waals surface area (Å²) in [5.74, 6) is -8.00. The number of aliphatic hydroxyl groups excluding tert-OH is 1. The molecule has 8 nitrogen and oxygen atoms in total. The highest BCUT2D eigenvalue weighted by Crippen LogP contribution is 2.48. The minimum atomic E-state index is -4.91. The molecule has 218 valence electrons. The third-order valence-electron chi connectivity index (χ3n) is 7.17. The first-order valence-corrected chi connectivity index (χ1v) is 12.3. The third-order valence-corrected chi connectivity index (χ3v) is 7.17. The lowest BCUT2D eigenvalue weighted by molar-refractivity contribution is -0.175. The normalized spacial score (nSPS) is 21.9. The van der Waals surface area contributed by atoms with Gasteiger partial charge in [-0.3, -0.25) is 19.3 Å². The monoisotopic (exact) mass is 571 g/mol. The van der Waals surface area contributed by atoms with Gasteiger partial charge in [-0.2, -0.15) is 13.2 Å². The van der Waals surface area contributed by atoms with Gasteiger partial charge in [-0.1, -0.05) is 50.2 Å². The Morgan fingerprint density at radius 3 is 2.33 bits per heavy atom. The van der Waals surface area contributed by atoms with E-state index in [4.69, 9.17) is 0 Å². The van der Waals surface area contributed by atoms with Gasteiger partial charge < -0.3 is 20.8 Å². The van der Waals surface area contributed by atoms with E-state index >= 15 is 4.39 Å². The maximum Gasteiger partial charge on any atom is 0.405 e. The fourth-order valence-corrected chi connectivity index (χ4v) is 4.58. The van der Waals surface area contributed by atoms with E-state index in [9.17, 15) is 42.2 Å². The number of hydrogen-bond acceptors (Lipinski definition) is 5. The van der Waals surface area contributed by atoms with E-state index in [1.807, 2.05) is 0 Å². The minimum absolute atomic E-state index is 0.00945. The molecule has 3 amide bonds. The molecule has 0 radical (unpaired) electrons. The zero-order valence-electron chi connectivity index (χ0n) is 21.9. The molecule has 3 rings (SSSR count). The van der Waals surface area contributed by atoms with E-state index in [1.54, 1.807) is 30.3 Å². The number of nitrogens with one attached hydrogen (secondary N) is 2. The number of amides is 3. The molecular weight excluding hydrogens is 541 g/mol. The molecule has 2 aromatic rings. The van der Waals surface area contributed by atoms with Crippen molar-refractivity contribution in [3.63, 3.8) is 0 Å². The van der Waals surface area contributed by atoms with Crippen LogP contribution >= 0.6 is 0 Å². The van der Waals surface area contributed by atoms with Crippen molar-refractivity contribution >= 4 is 17.7 Å². The van der Waals surface area contributed by atoms with Crippen molar-refractivity contribution in [2.24, 2.45) is 5.41 Å². The number of phenolic OH excluding ortho intramolecular Hbond substituents is 1. The van der Waals surface area contributed by atoms with Crippen molar-refractivity contribution in [1.82, 2.24) is 15.5 Å². The first-order valence-electron chi connectivity index (χ1n) is 12.3.